The van der Waals surface area contributed by atoms with Crippen LogP contribution in [0.15, 0.2) is 78.9 Å². The number of carbonyl (C=O) groups excluding carboxylic acids is 2. The van der Waals surface area contributed by atoms with E-state index in [4.69, 9.17) is 14.2 Å². The number of aromatic hydroxyl groups is 1. The molecular formula is C24H21NO6. The van der Waals surface area contributed by atoms with Gasteiger partial charge in [0.25, 0.3) is 5.91 Å². The van der Waals surface area contributed by atoms with Crippen molar-refractivity contribution < 1.29 is 28.9 Å². The van der Waals surface area contributed by atoms with Gasteiger partial charge in [0.15, 0.2) is 18.1 Å². The van der Waals surface area contributed by atoms with Crippen molar-refractivity contribution in [3.05, 3.63) is 84.4 Å². The molecule has 3 aromatic carbocycles. The Hall–Kier alpha value is -4.26. The summed E-state index contributed by atoms with van der Waals surface area (Å²) in [5.41, 5.74) is 1.18. The molecule has 0 unspecified atom stereocenters. The average molecular weight is 419 g/mol. The third-order valence-corrected chi connectivity index (χ3v) is 4.08. The number of hydrogen-bond donors (Lipinski definition) is 2. The summed E-state index contributed by atoms with van der Waals surface area (Å²) in [6.45, 7) is -0.426. The minimum absolute atomic E-state index is 0.00133. The quantitative estimate of drug-likeness (QED) is 0.416. The second kappa shape index (κ2) is 10.5. The van der Waals surface area contributed by atoms with Crippen molar-refractivity contribution in [1.29, 1.82) is 0 Å². The molecule has 1 amide bonds. The lowest BCUT2D eigenvalue weighted by Gasteiger charge is -2.08. The lowest BCUT2D eigenvalue weighted by atomic mass is 10.2. The second-order valence-corrected chi connectivity index (χ2v) is 6.36. The van der Waals surface area contributed by atoms with Gasteiger partial charge in [0.1, 0.15) is 11.5 Å². The summed E-state index contributed by atoms with van der Waals surface area (Å²) in [5.74, 6) is 0.490. The Bertz CT molecular complexity index is 1060. The molecule has 0 radical (unpaired) electrons. The van der Waals surface area contributed by atoms with Crippen molar-refractivity contribution >= 4 is 23.6 Å². The summed E-state index contributed by atoms with van der Waals surface area (Å²) in [7, 11) is 1.43. The molecular weight excluding hydrogens is 398 g/mol. The smallest absolute Gasteiger partial charge is 0.331 e. The maximum atomic E-state index is 12.0. The fraction of sp³-hybridized carbons (Fsp3) is 0.0833. The van der Waals surface area contributed by atoms with Crippen molar-refractivity contribution in [2.75, 3.05) is 19.0 Å². The van der Waals surface area contributed by atoms with Crippen molar-refractivity contribution in [1.82, 2.24) is 0 Å². The second-order valence-electron chi connectivity index (χ2n) is 6.36. The number of amides is 1. The van der Waals surface area contributed by atoms with E-state index in [1.165, 1.54) is 25.3 Å². The number of carbonyl (C=O) groups is 2. The Morgan fingerprint density at radius 3 is 2.39 bits per heavy atom. The van der Waals surface area contributed by atoms with Gasteiger partial charge in [-0.25, -0.2) is 4.79 Å². The van der Waals surface area contributed by atoms with Gasteiger partial charge in [-0.3, -0.25) is 4.79 Å². The first-order valence-corrected chi connectivity index (χ1v) is 9.38. The zero-order chi connectivity index (χ0) is 22.1. The molecule has 0 saturated carbocycles. The standard InChI is InChI=1S/C24H21NO6/c1-29-22-15-17(7-13-21(22)26)8-14-24(28)30-16-23(27)25-18-9-11-20(12-10-18)31-19-5-3-2-4-6-19/h2-15,26H,16H2,1H3,(H,25,27)/b14-8+. The SMILES string of the molecule is COc1cc(/C=C/C(=O)OCC(=O)Nc2ccc(Oc3ccccc3)cc2)ccc1O. The number of benzene rings is 3. The zero-order valence-corrected chi connectivity index (χ0v) is 16.8. The zero-order valence-electron chi connectivity index (χ0n) is 16.8. The predicted molar refractivity (Wildman–Crippen MR) is 116 cm³/mol. The summed E-state index contributed by atoms with van der Waals surface area (Å²) < 4.78 is 15.6. The van der Waals surface area contributed by atoms with E-state index in [1.807, 2.05) is 30.3 Å². The molecule has 0 fully saturated rings. The number of para-hydroxylation sites is 1. The van der Waals surface area contributed by atoms with Crippen molar-refractivity contribution in [2.45, 2.75) is 0 Å². The average Bonchev–Trinajstić information content (AvgIpc) is 2.79. The molecule has 0 aliphatic rings. The number of methoxy groups -OCH3 is 1. The van der Waals surface area contributed by atoms with Gasteiger partial charge >= 0.3 is 5.97 Å². The number of hydrogen-bond acceptors (Lipinski definition) is 6. The van der Waals surface area contributed by atoms with Crippen LogP contribution in [0, 0.1) is 0 Å². The predicted octanol–water partition coefficient (Wildman–Crippen LogP) is 4.39. The molecule has 0 aliphatic heterocycles. The minimum Gasteiger partial charge on any atom is -0.504 e. The van der Waals surface area contributed by atoms with E-state index in [0.717, 1.165) is 0 Å². The summed E-state index contributed by atoms with van der Waals surface area (Å²) in [6.07, 6.45) is 2.68. The van der Waals surface area contributed by atoms with Gasteiger partial charge < -0.3 is 24.6 Å². The Kier molecular flexibility index (Phi) is 7.26. The van der Waals surface area contributed by atoms with Crippen LogP contribution in [0.2, 0.25) is 0 Å². The van der Waals surface area contributed by atoms with Crippen LogP contribution >= 0.6 is 0 Å². The van der Waals surface area contributed by atoms with Crippen LogP contribution in [0.5, 0.6) is 23.0 Å². The number of rotatable bonds is 8. The molecule has 3 rings (SSSR count). The molecule has 0 aliphatic carbocycles. The number of anilines is 1. The van der Waals surface area contributed by atoms with Crippen molar-refractivity contribution in [2.24, 2.45) is 0 Å². The van der Waals surface area contributed by atoms with Crippen LogP contribution in [-0.2, 0) is 14.3 Å². The number of esters is 1. The minimum atomic E-state index is -0.672. The highest BCUT2D eigenvalue weighted by molar-refractivity contribution is 5.94. The van der Waals surface area contributed by atoms with Crippen molar-refractivity contribution in [3.8, 4) is 23.0 Å². The Labute approximate surface area is 179 Å². The van der Waals surface area contributed by atoms with Crippen LogP contribution < -0.4 is 14.8 Å². The van der Waals surface area contributed by atoms with E-state index in [0.29, 0.717) is 22.7 Å². The van der Waals surface area contributed by atoms with Gasteiger partial charge in [0, 0.05) is 11.8 Å². The molecule has 2 N–H and O–H groups in total. The monoisotopic (exact) mass is 419 g/mol. The molecule has 0 saturated heterocycles. The van der Waals surface area contributed by atoms with Gasteiger partial charge in [-0.2, -0.15) is 0 Å². The first-order chi connectivity index (χ1) is 15.0. The highest BCUT2D eigenvalue weighted by atomic mass is 16.5. The lowest BCUT2D eigenvalue weighted by molar-refractivity contribution is -0.142. The van der Waals surface area contributed by atoms with Crippen LogP contribution in [0.1, 0.15) is 5.56 Å². The Morgan fingerprint density at radius 1 is 0.968 bits per heavy atom. The summed E-state index contributed by atoms with van der Waals surface area (Å²) >= 11 is 0. The highest BCUT2D eigenvalue weighted by Gasteiger charge is 2.07. The van der Waals surface area contributed by atoms with E-state index in [-0.39, 0.29) is 11.5 Å². The number of ether oxygens (including phenoxy) is 3. The van der Waals surface area contributed by atoms with Gasteiger partial charge in [0.05, 0.1) is 7.11 Å². The first-order valence-electron chi connectivity index (χ1n) is 9.38. The van der Waals surface area contributed by atoms with Crippen LogP contribution in [-0.4, -0.2) is 30.7 Å². The maximum Gasteiger partial charge on any atom is 0.331 e. The summed E-state index contributed by atoms with van der Waals surface area (Å²) in [5, 5.41) is 12.2. The van der Waals surface area contributed by atoms with E-state index in [2.05, 4.69) is 5.32 Å². The van der Waals surface area contributed by atoms with Gasteiger partial charge in [-0.05, 0) is 60.2 Å². The molecule has 31 heavy (non-hydrogen) atoms. The van der Waals surface area contributed by atoms with Crippen molar-refractivity contribution in [3.63, 3.8) is 0 Å². The molecule has 7 nitrogen and oxygen atoms in total. The lowest BCUT2D eigenvalue weighted by Crippen LogP contribution is -2.20. The topological polar surface area (TPSA) is 94.1 Å². The van der Waals surface area contributed by atoms with E-state index < -0.39 is 18.5 Å². The number of phenols is 1. The highest BCUT2D eigenvalue weighted by Crippen LogP contribution is 2.26. The fourth-order valence-electron chi connectivity index (χ4n) is 2.57. The molecule has 3 aromatic rings. The summed E-state index contributed by atoms with van der Waals surface area (Å²) in [6, 6.07) is 20.8. The first kappa shape index (κ1) is 21.4. The van der Waals surface area contributed by atoms with E-state index >= 15 is 0 Å². The van der Waals surface area contributed by atoms with Gasteiger partial charge in [-0.15, -0.1) is 0 Å². The molecule has 7 heteroatoms. The Morgan fingerprint density at radius 2 is 1.68 bits per heavy atom. The number of phenolic OH excluding ortho intramolecular Hbond substituents is 1. The van der Waals surface area contributed by atoms with E-state index in [9.17, 15) is 14.7 Å². The van der Waals surface area contributed by atoms with E-state index in [1.54, 1.807) is 36.4 Å². The molecule has 0 bridgehead atoms. The van der Waals surface area contributed by atoms with Crippen LogP contribution in [0.4, 0.5) is 5.69 Å². The molecule has 0 atom stereocenters. The number of nitrogens with one attached hydrogen (secondary N) is 1. The summed E-state index contributed by atoms with van der Waals surface area (Å²) in [4.78, 5) is 23.8. The van der Waals surface area contributed by atoms with Gasteiger partial charge in [0.2, 0.25) is 0 Å². The van der Waals surface area contributed by atoms with Crippen LogP contribution in [0.3, 0.4) is 0 Å². The molecule has 0 aromatic heterocycles. The van der Waals surface area contributed by atoms with Crippen LogP contribution in [0.25, 0.3) is 6.08 Å². The molecule has 158 valence electrons. The van der Waals surface area contributed by atoms with Gasteiger partial charge in [-0.1, -0.05) is 24.3 Å². The largest absolute Gasteiger partial charge is 0.504 e. The maximum absolute atomic E-state index is 12.0. The third kappa shape index (κ3) is 6.64. The third-order valence-electron chi connectivity index (χ3n) is 4.08. The molecule has 0 heterocycles. The molecule has 0 spiro atoms. The Balaban J connectivity index is 1.45. The fourth-order valence-corrected chi connectivity index (χ4v) is 2.57. The normalized spacial score (nSPS) is 10.5.